The Labute approximate surface area is 200 Å². The van der Waals surface area contributed by atoms with E-state index in [9.17, 15) is 0 Å². The summed E-state index contributed by atoms with van der Waals surface area (Å²) in [6.07, 6.45) is 5.03. The van der Waals surface area contributed by atoms with E-state index in [4.69, 9.17) is 25.8 Å². The van der Waals surface area contributed by atoms with Gasteiger partial charge < -0.3 is 14.2 Å². The van der Waals surface area contributed by atoms with Crippen molar-refractivity contribution in [2.24, 2.45) is 5.92 Å². The topological polar surface area (TPSA) is 27.7 Å². The number of hydrogen-bond acceptors (Lipinski definition) is 3. The lowest BCUT2D eigenvalue weighted by Crippen LogP contribution is -2.32. The van der Waals surface area contributed by atoms with Crippen LogP contribution in [0.25, 0.3) is 10.8 Å². The number of fused-ring (bicyclic) bond motifs is 1. The minimum absolute atomic E-state index is 0.119. The molecule has 3 aromatic rings. The third-order valence-electron chi connectivity index (χ3n) is 6.36. The molecule has 176 valence electrons. The van der Waals surface area contributed by atoms with Crippen molar-refractivity contribution in [3.05, 3.63) is 82.1 Å². The second-order valence-electron chi connectivity index (χ2n) is 8.86. The third kappa shape index (κ3) is 6.77. The summed E-state index contributed by atoms with van der Waals surface area (Å²) in [5.74, 6) is 0.334. The lowest BCUT2D eigenvalue weighted by molar-refractivity contribution is -0.203. The minimum atomic E-state index is -0.161. The van der Waals surface area contributed by atoms with E-state index < -0.39 is 0 Å². The van der Waals surface area contributed by atoms with Gasteiger partial charge in [-0.15, -0.1) is 0 Å². The molecule has 0 N–H and O–H groups in total. The van der Waals surface area contributed by atoms with E-state index >= 15 is 4.39 Å². The summed E-state index contributed by atoms with van der Waals surface area (Å²) in [6.45, 7) is 2.28. The van der Waals surface area contributed by atoms with Gasteiger partial charge in [-0.05, 0) is 66.3 Å². The van der Waals surface area contributed by atoms with E-state index in [0.29, 0.717) is 17.7 Å². The molecule has 0 radical (unpaired) electrons. The van der Waals surface area contributed by atoms with Crippen LogP contribution in [0.1, 0.15) is 36.0 Å². The summed E-state index contributed by atoms with van der Waals surface area (Å²) in [6, 6.07) is 17.7. The van der Waals surface area contributed by atoms with Crippen molar-refractivity contribution < 1.29 is 18.6 Å². The van der Waals surface area contributed by atoms with Crippen LogP contribution in [0.2, 0.25) is 5.02 Å². The first-order valence-electron chi connectivity index (χ1n) is 11.8. The molecule has 1 aliphatic rings. The van der Waals surface area contributed by atoms with Crippen molar-refractivity contribution in [2.75, 3.05) is 26.9 Å². The summed E-state index contributed by atoms with van der Waals surface area (Å²) < 4.78 is 32.0. The SMILES string of the molecule is COCCCC1COC(CCc2ccc3c(F)c(CCc4ccc(Cl)cc4)ccc3c2)OC1. The first kappa shape index (κ1) is 24.2. The average Bonchev–Trinajstić information content (AvgIpc) is 2.84. The zero-order valence-electron chi connectivity index (χ0n) is 19.2. The molecule has 0 saturated carbocycles. The van der Waals surface area contributed by atoms with Gasteiger partial charge in [0.15, 0.2) is 6.29 Å². The van der Waals surface area contributed by atoms with Gasteiger partial charge in [-0.3, -0.25) is 0 Å². The van der Waals surface area contributed by atoms with Crippen LogP contribution >= 0.6 is 11.6 Å². The predicted molar refractivity (Wildman–Crippen MR) is 131 cm³/mol. The molecule has 5 heteroatoms. The van der Waals surface area contributed by atoms with E-state index in [0.717, 1.165) is 73.5 Å². The quantitative estimate of drug-likeness (QED) is 0.306. The summed E-state index contributed by atoms with van der Waals surface area (Å²) in [5.41, 5.74) is 3.07. The van der Waals surface area contributed by atoms with Crippen molar-refractivity contribution in [2.45, 2.75) is 44.8 Å². The van der Waals surface area contributed by atoms with E-state index in [2.05, 4.69) is 6.07 Å². The van der Waals surface area contributed by atoms with E-state index in [1.54, 1.807) is 7.11 Å². The molecule has 33 heavy (non-hydrogen) atoms. The molecular formula is C28H32ClFO3. The molecule has 3 aromatic carbocycles. The number of benzene rings is 3. The Morgan fingerprint density at radius 1 is 0.909 bits per heavy atom. The molecule has 1 saturated heterocycles. The molecule has 3 nitrogen and oxygen atoms in total. The highest BCUT2D eigenvalue weighted by atomic mass is 35.5. The van der Waals surface area contributed by atoms with Gasteiger partial charge in [0.05, 0.1) is 13.2 Å². The van der Waals surface area contributed by atoms with Crippen LogP contribution in [-0.2, 0) is 33.5 Å². The maximum Gasteiger partial charge on any atom is 0.157 e. The first-order chi connectivity index (χ1) is 16.1. The third-order valence-corrected chi connectivity index (χ3v) is 6.61. The van der Waals surface area contributed by atoms with Gasteiger partial charge >= 0.3 is 0 Å². The van der Waals surface area contributed by atoms with Crippen LogP contribution in [-0.4, -0.2) is 33.2 Å². The fourth-order valence-corrected chi connectivity index (χ4v) is 4.51. The average molecular weight is 471 g/mol. The first-order valence-corrected chi connectivity index (χ1v) is 12.2. The molecule has 1 fully saturated rings. The Balaban J connectivity index is 1.30. The van der Waals surface area contributed by atoms with Crippen molar-refractivity contribution >= 4 is 22.4 Å². The summed E-state index contributed by atoms with van der Waals surface area (Å²) >= 11 is 5.95. The summed E-state index contributed by atoms with van der Waals surface area (Å²) in [7, 11) is 1.73. The highest BCUT2D eigenvalue weighted by Crippen LogP contribution is 2.25. The van der Waals surface area contributed by atoms with Gasteiger partial charge in [-0.25, -0.2) is 4.39 Å². The van der Waals surface area contributed by atoms with Crippen LogP contribution in [0.15, 0.2) is 54.6 Å². The molecule has 0 spiro atoms. The van der Waals surface area contributed by atoms with Crippen LogP contribution in [0, 0.1) is 11.7 Å². The highest BCUT2D eigenvalue weighted by molar-refractivity contribution is 6.30. The van der Waals surface area contributed by atoms with Gasteiger partial charge in [-0.2, -0.15) is 0 Å². The Hall–Kier alpha value is -1.98. The van der Waals surface area contributed by atoms with Crippen molar-refractivity contribution in [1.29, 1.82) is 0 Å². The zero-order chi connectivity index (χ0) is 23.0. The van der Waals surface area contributed by atoms with Crippen LogP contribution < -0.4 is 0 Å². The Morgan fingerprint density at radius 3 is 2.42 bits per heavy atom. The maximum absolute atomic E-state index is 15.1. The van der Waals surface area contributed by atoms with Gasteiger partial charge in [0.2, 0.25) is 0 Å². The summed E-state index contributed by atoms with van der Waals surface area (Å²) in [4.78, 5) is 0. The molecule has 0 amide bonds. The standard InChI is InChI=1S/C28H32ClFO3/c1-31-16-2-3-22-18-32-27(33-19-22)15-8-21-7-14-26-24(17-21)11-10-23(28(26)30)9-4-20-5-12-25(29)13-6-20/h5-7,10-14,17,22,27H,2-4,8-9,15-16,18-19H2,1H3. The second-order valence-corrected chi connectivity index (χ2v) is 9.29. The van der Waals surface area contributed by atoms with Crippen LogP contribution in [0.5, 0.6) is 0 Å². The molecule has 0 aromatic heterocycles. The normalized spacial score (nSPS) is 18.6. The minimum Gasteiger partial charge on any atom is -0.385 e. The van der Waals surface area contributed by atoms with Gasteiger partial charge in [0.1, 0.15) is 5.82 Å². The molecule has 1 heterocycles. The number of hydrogen-bond donors (Lipinski definition) is 0. The largest absolute Gasteiger partial charge is 0.385 e. The van der Waals surface area contributed by atoms with E-state index in [-0.39, 0.29) is 12.1 Å². The summed E-state index contributed by atoms with van der Waals surface area (Å²) in [5, 5.41) is 2.33. The Morgan fingerprint density at radius 2 is 1.67 bits per heavy atom. The molecule has 0 bridgehead atoms. The number of methoxy groups -OCH3 is 1. The lowest BCUT2D eigenvalue weighted by atomic mass is 9.98. The van der Waals surface area contributed by atoms with Gasteiger partial charge in [0, 0.05) is 36.5 Å². The van der Waals surface area contributed by atoms with Crippen molar-refractivity contribution in [3.8, 4) is 0 Å². The smallest absolute Gasteiger partial charge is 0.157 e. The number of aryl methyl sites for hydroxylation is 3. The van der Waals surface area contributed by atoms with Crippen LogP contribution in [0.4, 0.5) is 4.39 Å². The molecule has 0 unspecified atom stereocenters. The van der Waals surface area contributed by atoms with Gasteiger partial charge in [-0.1, -0.05) is 54.1 Å². The highest BCUT2D eigenvalue weighted by Gasteiger charge is 2.21. The monoisotopic (exact) mass is 470 g/mol. The zero-order valence-corrected chi connectivity index (χ0v) is 20.0. The Bertz CT molecular complexity index is 1030. The Kier molecular flexibility index (Phi) is 8.74. The molecule has 0 atom stereocenters. The number of halogens is 2. The molecular weight excluding hydrogens is 439 g/mol. The van der Waals surface area contributed by atoms with Crippen LogP contribution in [0.3, 0.4) is 0 Å². The molecule has 4 rings (SSSR count). The van der Waals surface area contributed by atoms with E-state index in [1.165, 1.54) is 5.56 Å². The molecule has 0 aliphatic carbocycles. The van der Waals surface area contributed by atoms with Crippen molar-refractivity contribution in [3.63, 3.8) is 0 Å². The fourth-order valence-electron chi connectivity index (χ4n) is 4.38. The predicted octanol–water partition coefficient (Wildman–Crippen LogP) is 6.77. The van der Waals surface area contributed by atoms with E-state index in [1.807, 2.05) is 48.5 Å². The maximum atomic E-state index is 15.1. The number of rotatable bonds is 10. The fraction of sp³-hybridized carbons (Fsp3) is 0.429. The van der Waals surface area contributed by atoms with Gasteiger partial charge in [0.25, 0.3) is 0 Å². The number of ether oxygens (including phenoxy) is 3. The second kappa shape index (κ2) is 11.9. The van der Waals surface area contributed by atoms with Crippen molar-refractivity contribution in [1.82, 2.24) is 0 Å². The molecule has 1 aliphatic heterocycles. The lowest BCUT2D eigenvalue weighted by Gasteiger charge is -2.29.